The van der Waals surface area contributed by atoms with Crippen molar-refractivity contribution in [1.29, 1.82) is 0 Å². The molecule has 178 valence electrons. The van der Waals surface area contributed by atoms with Gasteiger partial charge < -0.3 is 24.8 Å². The molecule has 0 fully saturated rings. The Labute approximate surface area is 199 Å². The van der Waals surface area contributed by atoms with Gasteiger partial charge in [0.15, 0.2) is 17.3 Å². The summed E-state index contributed by atoms with van der Waals surface area (Å²) < 4.78 is 16.6. The molecule has 2 N–H and O–H groups in total. The molecular formula is C27H30N2O5. The van der Waals surface area contributed by atoms with Gasteiger partial charge >= 0.3 is 0 Å². The van der Waals surface area contributed by atoms with E-state index in [9.17, 15) is 9.59 Å². The number of anilines is 1. The molecule has 34 heavy (non-hydrogen) atoms. The topological polar surface area (TPSA) is 85.9 Å². The van der Waals surface area contributed by atoms with Gasteiger partial charge in [0, 0.05) is 34.9 Å². The number of Topliss-reactive ketones (excluding diaryl/α,β-unsaturated/α-hetero) is 1. The molecule has 0 saturated carbocycles. The highest BCUT2D eigenvalue weighted by Crippen LogP contribution is 2.44. The molecule has 0 radical (unpaired) electrons. The van der Waals surface area contributed by atoms with Gasteiger partial charge in [-0.25, -0.2) is 0 Å². The second-order valence-corrected chi connectivity index (χ2v) is 8.26. The van der Waals surface area contributed by atoms with Gasteiger partial charge in [-0.15, -0.1) is 0 Å². The Morgan fingerprint density at radius 2 is 1.82 bits per heavy atom. The first-order valence-electron chi connectivity index (χ1n) is 11.5. The summed E-state index contributed by atoms with van der Waals surface area (Å²) in [5, 5.41) is 6.32. The standard InChI is InChI=1S/C27H30N2O5/c1-5-34-22-14-13-17(15-23(22)33-4)25-24(16(2)28-19-10-8-11-20(30)26(19)25)27(31)29-18-9-6-7-12-21(18)32-3/h6-7,9,12-15,25,28H,5,8,10-11H2,1-4H3,(H,29,31)/t25-/m1/s1. The highest BCUT2D eigenvalue weighted by molar-refractivity contribution is 6.10. The Morgan fingerprint density at radius 3 is 2.56 bits per heavy atom. The number of hydrogen-bond acceptors (Lipinski definition) is 6. The molecule has 1 heterocycles. The van der Waals surface area contributed by atoms with Crippen LogP contribution in [0.1, 0.15) is 44.6 Å². The van der Waals surface area contributed by atoms with Crippen molar-refractivity contribution in [3.05, 3.63) is 70.6 Å². The summed E-state index contributed by atoms with van der Waals surface area (Å²) in [5.74, 6) is 0.978. The second kappa shape index (κ2) is 10.0. The quantitative estimate of drug-likeness (QED) is 0.620. The van der Waals surface area contributed by atoms with E-state index in [1.807, 2.05) is 44.2 Å². The Kier molecular flexibility index (Phi) is 6.91. The minimum atomic E-state index is -0.525. The largest absolute Gasteiger partial charge is 0.495 e. The van der Waals surface area contributed by atoms with Crippen LogP contribution in [0.3, 0.4) is 0 Å². The fourth-order valence-corrected chi connectivity index (χ4v) is 4.69. The molecule has 0 saturated heterocycles. The zero-order chi connectivity index (χ0) is 24.2. The number of allylic oxidation sites excluding steroid dienone is 3. The number of dihydropyridines is 1. The minimum Gasteiger partial charge on any atom is -0.495 e. The number of carbonyl (C=O) groups excluding carboxylic acids is 2. The predicted octanol–water partition coefficient (Wildman–Crippen LogP) is 4.71. The van der Waals surface area contributed by atoms with E-state index in [-0.39, 0.29) is 11.7 Å². The van der Waals surface area contributed by atoms with Crippen molar-refractivity contribution < 1.29 is 23.8 Å². The van der Waals surface area contributed by atoms with Gasteiger partial charge in [0.1, 0.15) is 5.75 Å². The number of rotatable bonds is 7. The van der Waals surface area contributed by atoms with Crippen molar-refractivity contribution in [3.8, 4) is 17.2 Å². The number of hydrogen-bond donors (Lipinski definition) is 2. The van der Waals surface area contributed by atoms with Crippen LogP contribution in [0.15, 0.2) is 65.0 Å². The summed E-state index contributed by atoms with van der Waals surface area (Å²) in [5.41, 5.74) is 4.11. The molecular weight excluding hydrogens is 432 g/mol. The van der Waals surface area contributed by atoms with Crippen LogP contribution in [-0.2, 0) is 9.59 Å². The normalized spacial score (nSPS) is 17.6. The van der Waals surface area contributed by atoms with Crippen LogP contribution in [0.4, 0.5) is 5.69 Å². The van der Waals surface area contributed by atoms with Crippen molar-refractivity contribution in [1.82, 2.24) is 5.32 Å². The van der Waals surface area contributed by atoms with E-state index in [0.717, 1.165) is 29.8 Å². The van der Waals surface area contributed by atoms with E-state index in [1.54, 1.807) is 26.4 Å². The number of nitrogens with one attached hydrogen (secondary N) is 2. The number of ether oxygens (including phenoxy) is 3. The van der Waals surface area contributed by atoms with Crippen molar-refractivity contribution in [2.75, 3.05) is 26.1 Å². The van der Waals surface area contributed by atoms with Crippen LogP contribution in [0.25, 0.3) is 0 Å². The highest BCUT2D eigenvalue weighted by atomic mass is 16.5. The van der Waals surface area contributed by atoms with Crippen molar-refractivity contribution in [2.45, 2.75) is 39.0 Å². The highest BCUT2D eigenvalue weighted by Gasteiger charge is 2.39. The maximum absolute atomic E-state index is 13.7. The molecule has 0 bridgehead atoms. The van der Waals surface area contributed by atoms with Crippen molar-refractivity contribution >= 4 is 17.4 Å². The number of carbonyl (C=O) groups is 2. The maximum Gasteiger partial charge on any atom is 0.254 e. The molecule has 7 nitrogen and oxygen atoms in total. The molecule has 1 aliphatic heterocycles. The van der Waals surface area contributed by atoms with Gasteiger partial charge in [0.25, 0.3) is 5.91 Å². The molecule has 7 heteroatoms. The molecule has 4 rings (SSSR count). The number of benzene rings is 2. The molecule has 2 aromatic rings. The summed E-state index contributed by atoms with van der Waals surface area (Å²) in [7, 11) is 3.14. The van der Waals surface area contributed by atoms with Crippen LogP contribution in [0.2, 0.25) is 0 Å². The summed E-state index contributed by atoms with van der Waals surface area (Å²) in [4.78, 5) is 26.8. The molecule has 0 aromatic heterocycles. The van der Waals surface area contributed by atoms with Gasteiger partial charge in [0.05, 0.1) is 26.5 Å². The van der Waals surface area contributed by atoms with Crippen LogP contribution < -0.4 is 24.8 Å². The van der Waals surface area contributed by atoms with E-state index >= 15 is 0 Å². The third-order valence-corrected chi connectivity index (χ3v) is 6.20. The first-order valence-corrected chi connectivity index (χ1v) is 11.5. The molecule has 0 spiro atoms. The minimum absolute atomic E-state index is 0.0571. The molecule has 2 aliphatic rings. The Morgan fingerprint density at radius 1 is 1.06 bits per heavy atom. The SMILES string of the molecule is CCOc1ccc([C@@H]2C(C(=O)Nc3ccccc3OC)=C(C)NC3=C2C(=O)CCC3)cc1OC. The molecule has 0 unspecified atom stereocenters. The van der Waals surface area contributed by atoms with Gasteiger partial charge in [-0.2, -0.15) is 0 Å². The predicted molar refractivity (Wildman–Crippen MR) is 130 cm³/mol. The fourth-order valence-electron chi connectivity index (χ4n) is 4.69. The lowest BCUT2D eigenvalue weighted by atomic mass is 9.75. The fraction of sp³-hybridized carbons (Fsp3) is 0.333. The first-order chi connectivity index (χ1) is 16.5. The second-order valence-electron chi connectivity index (χ2n) is 8.26. The Bertz CT molecular complexity index is 1180. The number of amides is 1. The van der Waals surface area contributed by atoms with Crippen LogP contribution >= 0.6 is 0 Å². The van der Waals surface area contributed by atoms with Crippen LogP contribution in [-0.4, -0.2) is 32.5 Å². The van der Waals surface area contributed by atoms with Gasteiger partial charge in [-0.1, -0.05) is 18.2 Å². The van der Waals surface area contributed by atoms with Gasteiger partial charge in [-0.3, -0.25) is 9.59 Å². The maximum atomic E-state index is 13.7. The average molecular weight is 463 g/mol. The Balaban J connectivity index is 1.81. The van der Waals surface area contributed by atoms with Crippen molar-refractivity contribution in [3.63, 3.8) is 0 Å². The summed E-state index contributed by atoms with van der Waals surface area (Å²) in [6.45, 7) is 4.28. The lowest BCUT2D eigenvalue weighted by Crippen LogP contribution is -2.35. The van der Waals surface area contributed by atoms with E-state index in [2.05, 4.69) is 10.6 Å². The molecule has 1 aliphatic carbocycles. The lowest BCUT2D eigenvalue weighted by molar-refractivity contribution is -0.116. The zero-order valence-electron chi connectivity index (χ0n) is 20.0. The van der Waals surface area contributed by atoms with Gasteiger partial charge in [0.2, 0.25) is 0 Å². The summed E-state index contributed by atoms with van der Waals surface area (Å²) >= 11 is 0. The van der Waals surface area contributed by atoms with Crippen molar-refractivity contribution in [2.24, 2.45) is 0 Å². The number of para-hydroxylation sites is 2. The molecule has 1 amide bonds. The van der Waals surface area contributed by atoms with E-state index in [4.69, 9.17) is 14.2 Å². The molecule has 1 atom stereocenters. The first kappa shape index (κ1) is 23.4. The van der Waals surface area contributed by atoms with E-state index in [1.165, 1.54) is 0 Å². The number of ketones is 1. The lowest BCUT2D eigenvalue weighted by Gasteiger charge is -2.34. The summed E-state index contributed by atoms with van der Waals surface area (Å²) in [6, 6.07) is 12.8. The van der Waals surface area contributed by atoms with E-state index in [0.29, 0.717) is 47.1 Å². The third kappa shape index (κ3) is 4.38. The monoisotopic (exact) mass is 462 g/mol. The smallest absolute Gasteiger partial charge is 0.254 e. The zero-order valence-corrected chi connectivity index (χ0v) is 20.0. The van der Waals surface area contributed by atoms with Crippen LogP contribution in [0.5, 0.6) is 17.2 Å². The third-order valence-electron chi connectivity index (χ3n) is 6.20. The number of methoxy groups -OCH3 is 2. The Hall–Kier alpha value is -3.74. The summed E-state index contributed by atoms with van der Waals surface area (Å²) in [6.07, 6.45) is 2.02. The molecule has 2 aromatic carbocycles. The van der Waals surface area contributed by atoms with Gasteiger partial charge in [-0.05, 0) is 56.5 Å². The van der Waals surface area contributed by atoms with Crippen LogP contribution in [0, 0.1) is 0 Å². The van der Waals surface area contributed by atoms with E-state index < -0.39 is 5.92 Å². The average Bonchev–Trinajstić information content (AvgIpc) is 2.84.